The SMILES string of the molecule is Cc1ccc(CN2CCC(CNc3ncnc4c3CCNCC4)CC2)o1.Cl.Cl. The molecule has 2 aliphatic rings. The molecule has 0 saturated carbocycles. The van der Waals surface area contributed by atoms with Crippen molar-refractivity contribution in [1.82, 2.24) is 20.2 Å². The highest BCUT2D eigenvalue weighted by Gasteiger charge is 2.21. The Morgan fingerprint density at radius 1 is 1.14 bits per heavy atom. The monoisotopic (exact) mass is 427 g/mol. The standard InChI is InChI=1S/C20H29N5O.2ClH/c1-15-2-3-17(26-15)13-25-10-6-16(7-11-25)12-22-20-18-4-8-21-9-5-19(18)23-14-24-20;;/h2-3,14,16,21H,4-13H2,1H3,(H,22,23,24);2*1H. The van der Waals surface area contributed by atoms with Crippen molar-refractivity contribution in [3.63, 3.8) is 0 Å². The summed E-state index contributed by atoms with van der Waals surface area (Å²) < 4.78 is 5.71. The molecule has 28 heavy (non-hydrogen) atoms. The van der Waals surface area contributed by atoms with Gasteiger partial charge in [-0.1, -0.05) is 0 Å². The van der Waals surface area contributed by atoms with Crippen molar-refractivity contribution in [2.24, 2.45) is 5.92 Å². The molecule has 0 spiro atoms. The summed E-state index contributed by atoms with van der Waals surface area (Å²) in [4.78, 5) is 11.5. The fourth-order valence-corrected chi connectivity index (χ4v) is 4.00. The zero-order valence-corrected chi connectivity index (χ0v) is 18.1. The number of hydrogen-bond acceptors (Lipinski definition) is 6. The fourth-order valence-electron chi connectivity index (χ4n) is 4.00. The molecule has 2 aromatic rings. The van der Waals surface area contributed by atoms with Gasteiger partial charge in [-0.05, 0) is 63.9 Å². The van der Waals surface area contributed by atoms with Gasteiger partial charge in [0.25, 0.3) is 0 Å². The largest absolute Gasteiger partial charge is 0.465 e. The third kappa shape index (κ3) is 5.83. The van der Waals surface area contributed by atoms with Gasteiger partial charge in [0.1, 0.15) is 23.7 Å². The molecule has 0 amide bonds. The number of halogens is 2. The zero-order chi connectivity index (χ0) is 17.8. The van der Waals surface area contributed by atoms with Crippen LogP contribution in [-0.2, 0) is 19.4 Å². The Labute approximate surface area is 179 Å². The van der Waals surface area contributed by atoms with E-state index in [0.29, 0.717) is 5.92 Å². The Bertz CT molecular complexity index is 731. The van der Waals surface area contributed by atoms with Gasteiger partial charge in [0.2, 0.25) is 0 Å². The number of piperidine rings is 1. The van der Waals surface area contributed by atoms with Crippen LogP contribution in [0.5, 0.6) is 0 Å². The number of aryl methyl sites for hydroxylation is 1. The normalized spacial score (nSPS) is 17.8. The quantitative estimate of drug-likeness (QED) is 0.763. The van der Waals surface area contributed by atoms with Gasteiger partial charge in [-0.2, -0.15) is 0 Å². The minimum Gasteiger partial charge on any atom is -0.465 e. The Balaban J connectivity index is 0.00000140. The van der Waals surface area contributed by atoms with E-state index in [0.717, 1.165) is 69.4 Å². The molecule has 0 atom stereocenters. The lowest BCUT2D eigenvalue weighted by Crippen LogP contribution is -2.35. The van der Waals surface area contributed by atoms with Gasteiger partial charge in [-0.25, -0.2) is 9.97 Å². The van der Waals surface area contributed by atoms with Crippen LogP contribution in [0, 0.1) is 12.8 Å². The molecule has 156 valence electrons. The molecule has 4 rings (SSSR count). The number of hydrogen-bond donors (Lipinski definition) is 2. The first kappa shape index (κ1) is 22.9. The van der Waals surface area contributed by atoms with E-state index in [1.807, 2.05) is 13.0 Å². The Morgan fingerprint density at radius 2 is 1.93 bits per heavy atom. The summed E-state index contributed by atoms with van der Waals surface area (Å²) in [6.07, 6.45) is 6.17. The summed E-state index contributed by atoms with van der Waals surface area (Å²) in [5.41, 5.74) is 2.51. The average Bonchev–Trinajstić information content (AvgIpc) is 2.92. The van der Waals surface area contributed by atoms with Crippen LogP contribution < -0.4 is 10.6 Å². The summed E-state index contributed by atoms with van der Waals surface area (Å²) in [5.74, 6) is 3.83. The van der Waals surface area contributed by atoms with Crippen molar-refractivity contribution < 1.29 is 4.42 Å². The summed E-state index contributed by atoms with van der Waals surface area (Å²) >= 11 is 0. The molecule has 2 aliphatic heterocycles. The van der Waals surface area contributed by atoms with E-state index in [9.17, 15) is 0 Å². The number of nitrogens with zero attached hydrogens (tertiary/aromatic N) is 3. The summed E-state index contributed by atoms with van der Waals surface area (Å²) in [5, 5.41) is 7.07. The molecule has 4 heterocycles. The summed E-state index contributed by atoms with van der Waals surface area (Å²) in [6.45, 7) is 8.24. The molecular weight excluding hydrogens is 397 g/mol. The minimum absolute atomic E-state index is 0. The second kappa shape index (κ2) is 11.0. The number of anilines is 1. The minimum atomic E-state index is 0. The van der Waals surface area contributed by atoms with E-state index < -0.39 is 0 Å². The van der Waals surface area contributed by atoms with Crippen LogP contribution in [0.4, 0.5) is 5.82 Å². The van der Waals surface area contributed by atoms with Gasteiger partial charge in [0.15, 0.2) is 0 Å². The third-order valence-corrected chi connectivity index (χ3v) is 5.57. The molecule has 0 unspecified atom stereocenters. The smallest absolute Gasteiger partial charge is 0.132 e. The number of fused-ring (bicyclic) bond motifs is 1. The van der Waals surface area contributed by atoms with Crippen LogP contribution in [0.25, 0.3) is 0 Å². The number of furan rings is 1. The lowest BCUT2D eigenvalue weighted by atomic mass is 9.96. The number of likely N-dealkylation sites (tertiary alicyclic amines) is 1. The lowest BCUT2D eigenvalue weighted by Gasteiger charge is -2.31. The molecule has 0 aromatic carbocycles. The molecule has 2 aromatic heterocycles. The second-order valence-electron chi connectivity index (χ2n) is 7.51. The van der Waals surface area contributed by atoms with Gasteiger partial charge in [0.05, 0.1) is 12.2 Å². The Morgan fingerprint density at radius 3 is 2.68 bits per heavy atom. The van der Waals surface area contributed by atoms with E-state index in [4.69, 9.17) is 4.42 Å². The number of aromatic nitrogens is 2. The lowest BCUT2D eigenvalue weighted by molar-refractivity contribution is 0.170. The van der Waals surface area contributed by atoms with Crippen molar-refractivity contribution in [2.45, 2.75) is 39.2 Å². The van der Waals surface area contributed by atoms with Crippen LogP contribution in [0.15, 0.2) is 22.9 Å². The van der Waals surface area contributed by atoms with Crippen LogP contribution in [-0.4, -0.2) is 47.6 Å². The highest BCUT2D eigenvalue weighted by Crippen LogP contribution is 2.22. The number of rotatable bonds is 5. The maximum absolute atomic E-state index is 5.71. The summed E-state index contributed by atoms with van der Waals surface area (Å²) in [6, 6.07) is 4.14. The molecule has 1 fully saturated rings. The molecule has 2 N–H and O–H groups in total. The van der Waals surface area contributed by atoms with E-state index in [1.165, 1.54) is 24.1 Å². The molecule has 0 bridgehead atoms. The zero-order valence-electron chi connectivity index (χ0n) is 16.4. The highest BCUT2D eigenvalue weighted by molar-refractivity contribution is 5.85. The second-order valence-corrected chi connectivity index (χ2v) is 7.51. The first-order valence-electron chi connectivity index (χ1n) is 9.83. The molecule has 1 saturated heterocycles. The van der Waals surface area contributed by atoms with Crippen LogP contribution in [0.1, 0.15) is 35.6 Å². The van der Waals surface area contributed by atoms with E-state index >= 15 is 0 Å². The molecule has 6 nitrogen and oxygen atoms in total. The maximum Gasteiger partial charge on any atom is 0.132 e. The fraction of sp³-hybridized carbons (Fsp3) is 0.600. The van der Waals surface area contributed by atoms with Crippen molar-refractivity contribution in [3.05, 3.63) is 41.2 Å². The summed E-state index contributed by atoms with van der Waals surface area (Å²) in [7, 11) is 0. The van der Waals surface area contributed by atoms with Gasteiger partial charge in [-0.3, -0.25) is 4.90 Å². The first-order chi connectivity index (χ1) is 12.8. The predicted octanol–water partition coefficient (Wildman–Crippen LogP) is 3.23. The molecule has 0 aliphatic carbocycles. The predicted molar refractivity (Wildman–Crippen MR) is 117 cm³/mol. The van der Waals surface area contributed by atoms with Crippen molar-refractivity contribution >= 4 is 30.6 Å². The third-order valence-electron chi connectivity index (χ3n) is 5.57. The Kier molecular flexibility index (Phi) is 9.02. The molecule has 0 radical (unpaired) electrons. The van der Waals surface area contributed by atoms with E-state index in [1.54, 1.807) is 6.33 Å². The molecular formula is C20H31Cl2N5O. The Hall–Kier alpha value is -1.34. The van der Waals surface area contributed by atoms with Gasteiger partial charge >= 0.3 is 0 Å². The van der Waals surface area contributed by atoms with Crippen LogP contribution >= 0.6 is 24.8 Å². The first-order valence-corrected chi connectivity index (χ1v) is 9.83. The van der Waals surface area contributed by atoms with Gasteiger partial charge in [-0.15, -0.1) is 24.8 Å². The highest BCUT2D eigenvalue weighted by atomic mass is 35.5. The maximum atomic E-state index is 5.71. The van der Waals surface area contributed by atoms with Crippen molar-refractivity contribution in [1.29, 1.82) is 0 Å². The van der Waals surface area contributed by atoms with Crippen molar-refractivity contribution in [2.75, 3.05) is 38.0 Å². The van der Waals surface area contributed by atoms with E-state index in [-0.39, 0.29) is 24.8 Å². The average molecular weight is 428 g/mol. The van der Waals surface area contributed by atoms with Crippen molar-refractivity contribution in [3.8, 4) is 0 Å². The topological polar surface area (TPSA) is 66.2 Å². The number of nitrogens with one attached hydrogen (secondary N) is 2. The molecule has 8 heteroatoms. The van der Waals surface area contributed by atoms with E-state index in [2.05, 4.69) is 31.6 Å². The van der Waals surface area contributed by atoms with Gasteiger partial charge < -0.3 is 15.1 Å². The van der Waals surface area contributed by atoms with Gasteiger partial charge in [0, 0.05) is 25.1 Å². The van der Waals surface area contributed by atoms with Crippen LogP contribution in [0.2, 0.25) is 0 Å². The van der Waals surface area contributed by atoms with Crippen LogP contribution in [0.3, 0.4) is 0 Å².